The Kier molecular flexibility index (Phi) is 3.94. The summed E-state index contributed by atoms with van der Waals surface area (Å²) in [5.41, 5.74) is 0.609. The first-order chi connectivity index (χ1) is 9.45. The second-order valence-electron chi connectivity index (χ2n) is 3.83. The standard InChI is InChI=1S/C12H10FN3O3S/c1-6-9(10(17)18)20-12(14-6)16-11(19)15-8-4-2-3-7(13)5-8/h2-5H,1H3,(H,17,18)(H2,14,15,16,19). The Morgan fingerprint density at radius 3 is 2.70 bits per heavy atom. The third-order valence-electron chi connectivity index (χ3n) is 2.29. The molecule has 1 aromatic heterocycles. The molecule has 6 nitrogen and oxygen atoms in total. The Bertz CT molecular complexity index is 672. The molecule has 1 heterocycles. The minimum atomic E-state index is -1.10. The van der Waals surface area contributed by atoms with Gasteiger partial charge in [-0.15, -0.1) is 0 Å². The Morgan fingerprint density at radius 1 is 1.35 bits per heavy atom. The van der Waals surface area contributed by atoms with Crippen LogP contribution in [0.2, 0.25) is 0 Å². The third kappa shape index (κ3) is 3.29. The van der Waals surface area contributed by atoms with E-state index in [1.165, 1.54) is 25.1 Å². The van der Waals surface area contributed by atoms with Crippen molar-refractivity contribution < 1.29 is 19.1 Å². The number of carboxylic acids is 1. The normalized spacial score (nSPS) is 10.1. The van der Waals surface area contributed by atoms with Gasteiger partial charge in [-0.2, -0.15) is 0 Å². The van der Waals surface area contributed by atoms with E-state index in [0.29, 0.717) is 5.69 Å². The molecule has 2 amide bonds. The Hall–Kier alpha value is -2.48. The van der Waals surface area contributed by atoms with Crippen molar-refractivity contribution in [3.8, 4) is 0 Å². The first kappa shape index (κ1) is 13.9. The number of anilines is 2. The number of carbonyl (C=O) groups excluding carboxylic acids is 1. The highest BCUT2D eigenvalue weighted by atomic mass is 32.1. The summed E-state index contributed by atoms with van der Waals surface area (Å²) in [5.74, 6) is -1.57. The van der Waals surface area contributed by atoms with Crippen molar-refractivity contribution in [3.05, 3.63) is 40.7 Å². The maximum Gasteiger partial charge on any atom is 0.347 e. The number of rotatable bonds is 3. The van der Waals surface area contributed by atoms with Crippen LogP contribution in [0.5, 0.6) is 0 Å². The summed E-state index contributed by atoms with van der Waals surface area (Å²) < 4.78 is 12.9. The summed E-state index contributed by atoms with van der Waals surface area (Å²) in [7, 11) is 0. The topological polar surface area (TPSA) is 91.3 Å². The SMILES string of the molecule is Cc1nc(NC(=O)Nc2cccc(F)c2)sc1C(=O)O. The first-order valence-corrected chi connectivity index (χ1v) is 6.31. The third-order valence-corrected chi connectivity index (χ3v) is 3.35. The number of aryl methyl sites for hydroxylation is 1. The van der Waals surface area contributed by atoms with Gasteiger partial charge >= 0.3 is 12.0 Å². The molecule has 0 radical (unpaired) electrons. The van der Waals surface area contributed by atoms with E-state index < -0.39 is 17.8 Å². The fourth-order valence-electron chi connectivity index (χ4n) is 1.47. The summed E-state index contributed by atoms with van der Waals surface area (Å²) in [4.78, 5) is 26.5. The molecule has 2 rings (SSSR count). The Labute approximate surface area is 117 Å². The number of aromatic carboxylic acids is 1. The van der Waals surface area contributed by atoms with E-state index in [1.807, 2.05) is 0 Å². The van der Waals surface area contributed by atoms with E-state index in [9.17, 15) is 14.0 Å². The highest BCUT2D eigenvalue weighted by Gasteiger charge is 2.15. The highest BCUT2D eigenvalue weighted by molar-refractivity contribution is 7.17. The number of nitrogens with one attached hydrogen (secondary N) is 2. The van der Waals surface area contributed by atoms with Gasteiger partial charge in [-0.05, 0) is 25.1 Å². The lowest BCUT2D eigenvalue weighted by molar-refractivity contribution is 0.0701. The molecule has 104 valence electrons. The maximum absolute atomic E-state index is 12.9. The number of carboxylic acid groups (broad SMARTS) is 1. The van der Waals surface area contributed by atoms with Crippen LogP contribution in [0.1, 0.15) is 15.4 Å². The molecule has 1 aromatic carbocycles. The van der Waals surface area contributed by atoms with Gasteiger partial charge in [-0.1, -0.05) is 17.4 Å². The minimum Gasteiger partial charge on any atom is -0.477 e. The zero-order chi connectivity index (χ0) is 14.7. The van der Waals surface area contributed by atoms with Gasteiger partial charge in [-0.25, -0.2) is 19.0 Å². The molecule has 0 unspecified atom stereocenters. The number of carbonyl (C=O) groups is 2. The molecule has 0 aliphatic heterocycles. The summed E-state index contributed by atoms with van der Waals surface area (Å²) in [6, 6.07) is 4.78. The van der Waals surface area contributed by atoms with Crippen molar-refractivity contribution in [2.45, 2.75) is 6.92 Å². The Balaban J connectivity index is 2.05. The lowest BCUT2D eigenvalue weighted by Crippen LogP contribution is -2.19. The van der Waals surface area contributed by atoms with Gasteiger partial charge in [0.2, 0.25) is 0 Å². The smallest absolute Gasteiger partial charge is 0.347 e. The fourth-order valence-corrected chi connectivity index (χ4v) is 2.27. The molecule has 20 heavy (non-hydrogen) atoms. The molecule has 0 aliphatic rings. The number of thiazole rings is 1. The lowest BCUT2D eigenvalue weighted by Gasteiger charge is -2.04. The van der Waals surface area contributed by atoms with Gasteiger partial charge in [0.25, 0.3) is 0 Å². The summed E-state index contributed by atoms with van der Waals surface area (Å²) in [6.07, 6.45) is 0. The van der Waals surface area contributed by atoms with E-state index in [4.69, 9.17) is 5.11 Å². The predicted octanol–water partition coefficient (Wildman–Crippen LogP) is 2.93. The van der Waals surface area contributed by atoms with Crippen molar-refractivity contribution in [1.29, 1.82) is 0 Å². The average molecular weight is 295 g/mol. The molecule has 2 aromatic rings. The minimum absolute atomic E-state index is 0.0612. The van der Waals surface area contributed by atoms with E-state index in [1.54, 1.807) is 0 Å². The highest BCUT2D eigenvalue weighted by Crippen LogP contribution is 2.22. The number of benzene rings is 1. The van der Waals surface area contributed by atoms with Crippen molar-refractivity contribution in [3.63, 3.8) is 0 Å². The summed E-state index contributed by atoms with van der Waals surface area (Å²) >= 11 is 0.853. The number of hydrogen-bond acceptors (Lipinski definition) is 4. The molecule has 0 aliphatic carbocycles. The molecule has 8 heteroatoms. The number of hydrogen-bond donors (Lipinski definition) is 3. The molecule has 3 N–H and O–H groups in total. The van der Waals surface area contributed by atoms with Crippen molar-refractivity contribution >= 4 is 34.2 Å². The number of aromatic nitrogens is 1. The van der Waals surface area contributed by atoms with Crippen LogP contribution in [-0.4, -0.2) is 22.1 Å². The molecule has 0 bridgehead atoms. The van der Waals surface area contributed by atoms with Gasteiger partial charge in [0.05, 0.1) is 5.69 Å². The number of amides is 2. The van der Waals surface area contributed by atoms with Gasteiger partial charge in [0.15, 0.2) is 5.13 Å². The van der Waals surface area contributed by atoms with Crippen LogP contribution in [0.25, 0.3) is 0 Å². The van der Waals surface area contributed by atoms with Crippen molar-refractivity contribution in [1.82, 2.24) is 4.98 Å². The average Bonchev–Trinajstić information content (AvgIpc) is 2.70. The first-order valence-electron chi connectivity index (χ1n) is 5.50. The number of urea groups is 1. The zero-order valence-corrected chi connectivity index (χ0v) is 11.1. The van der Waals surface area contributed by atoms with E-state index in [0.717, 1.165) is 17.4 Å². The van der Waals surface area contributed by atoms with E-state index >= 15 is 0 Å². The summed E-state index contributed by atoms with van der Waals surface area (Å²) in [6.45, 7) is 1.54. The van der Waals surface area contributed by atoms with E-state index in [-0.39, 0.29) is 15.7 Å². The molecule has 0 saturated carbocycles. The quantitative estimate of drug-likeness (QED) is 0.812. The van der Waals surface area contributed by atoms with Crippen LogP contribution < -0.4 is 10.6 Å². The van der Waals surface area contributed by atoms with Crippen LogP contribution in [0.4, 0.5) is 20.0 Å². The van der Waals surface area contributed by atoms with Crippen molar-refractivity contribution in [2.24, 2.45) is 0 Å². The van der Waals surface area contributed by atoms with Crippen LogP contribution in [0.3, 0.4) is 0 Å². The van der Waals surface area contributed by atoms with Crippen molar-refractivity contribution in [2.75, 3.05) is 10.6 Å². The van der Waals surface area contributed by atoms with Crippen LogP contribution in [-0.2, 0) is 0 Å². The molecular weight excluding hydrogens is 285 g/mol. The second-order valence-corrected chi connectivity index (χ2v) is 4.83. The Morgan fingerprint density at radius 2 is 2.10 bits per heavy atom. The van der Waals surface area contributed by atoms with Gasteiger partial charge in [-0.3, -0.25) is 5.32 Å². The molecule has 0 spiro atoms. The molecule has 0 atom stereocenters. The monoisotopic (exact) mass is 295 g/mol. The lowest BCUT2D eigenvalue weighted by atomic mass is 10.3. The van der Waals surface area contributed by atoms with Crippen LogP contribution in [0, 0.1) is 12.7 Å². The largest absolute Gasteiger partial charge is 0.477 e. The number of nitrogens with zero attached hydrogens (tertiary/aromatic N) is 1. The maximum atomic E-state index is 12.9. The van der Waals surface area contributed by atoms with Gasteiger partial charge < -0.3 is 10.4 Å². The number of halogens is 1. The fraction of sp³-hybridized carbons (Fsp3) is 0.0833. The van der Waals surface area contributed by atoms with Crippen LogP contribution >= 0.6 is 11.3 Å². The van der Waals surface area contributed by atoms with Gasteiger partial charge in [0.1, 0.15) is 10.7 Å². The predicted molar refractivity (Wildman–Crippen MR) is 72.9 cm³/mol. The molecule has 0 fully saturated rings. The van der Waals surface area contributed by atoms with Crippen LogP contribution in [0.15, 0.2) is 24.3 Å². The zero-order valence-electron chi connectivity index (χ0n) is 10.3. The summed E-state index contributed by atoms with van der Waals surface area (Å²) in [5, 5.41) is 13.9. The molecular formula is C12H10FN3O3S. The molecule has 0 saturated heterocycles. The second kappa shape index (κ2) is 5.66. The van der Waals surface area contributed by atoms with Gasteiger partial charge in [0, 0.05) is 5.69 Å². The van der Waals surface area contributed by atoms with E-state index in [2.05, 4.69) is 15.6 Å².